The first-order chi connectivity index (χ1) is 11.6. The Balaban J connectivity index is 1.68. The van der Waals surface area contributed by atoms with Gasteiger partial charge in [-0.3, -0.25) is 9.48 Å². The van der Waals surface area contributed by atoms with E-state index in [9.17, 15) is 9.59 Å². The minimum absolute atomic E-state index is 0.133. The molecule has 1 atom stereocenters. The second kappa shape index (κ2) is 6.90. The number of fused-ring (bicyclic) bond motifs is 1. The summed E-state index contributed by atoms with van der Waals surface area (Å²) in [5.74, 6) is -0.147. The topological polar surface area (TPSA) is 93.2 Å². The van der Waals surface area contributed by atoms with E-state index in [4.69, 9.17) is 5.73 Å². The van der Waals surface area contributed by atoms with Crippen LogP contribution in [0.3, 0.4) is 0 Å². The van der Waals surface area contributed by atoms with Gasteiger partial charge in [0.05, 0.1) is 11.7 Å². The van der Waals surface area contributed by atoms with Gasteiger partial charge in [-0.25, -0.2) is 4.79 Å². The molecular formula is C17H23N5O2. The van der Waals surface area contributed by atoms with Crippen molar-refractivity contribution in [3.05, 3.63) is 24.4 Å². The maximum Gasteiger partial charge on any atom is 0.321 e. The number of nitrogens with one attached hydrogen (secondary N) is 1. The van der Waals surface area contributed by atoms with Gasteiger partial charge in [-0.05, 0) is 43.9 Å². The Kier molecular flexibility index (Phi) is 4.69. The van der Waals surface area contributed by atoms with Gasteiger partial charge in [0.25, 0.3) is 0 Å². The number of aromatic nitrogens is 2. The zero-order valence-corrected chi connectivity index (χ0v) is 13.9. The lowest BCUT2D eigenvalue weighted by Gasteiger charge is -2.32. The van der Waals surface area contributed by atoms with Crippen LogP contribution in [0.1, 0.15) is 26.2 Å². The number of anilines is 1. The van der Waals surface area contributed by atoms with Gasteiger partial charge < -0.3 is 16.0 Å². The first kappa shape index (κ1) is 16.3. The van der Waals surface area contributed by atoms with E-state index >= 15 is 0 Å². The molecule has 128 valence electrons. The van der Waals surface area contributed by atoms with E-state index in [0.717, 1.165) is 36.0 Å². The number of urea groups is 1. The fourth-order valence-electron chi connectivity index (χ4n) is 3.30. The summed E-state index contributed by atoms with van der Waals surface area (Å²) in [4.78, 5) is 25.4. The highest BCUT2D eigenvalue weighted by Gasteiger charge is 2.24. The maximum absolute atomic E-state index is 12.5. The van der Waals surface area contributed by atoms with Crippen molar-refractivity contribution in [1.29, 1.82) is 0 Å². The Hall–Kier alpha value is -2.57. The second-order valence-corrected chi connectivity index (χ2v) is 6.29. The van der Waals surface area contributed by atoms with Crippen LogP contribution in [0.15, 0.2) is 24.4 Å². The molecule has 1 fully saturated rings. The molecule has 1 aromatic heterocycles. The molecule has 1 aliphatic rings. The fourth-order valence-corrected chi connectivity index (χ4v) is 3.30. The lowest BCUT2D eigenvalue weighted by Crippen LogP contribution is -2.43. The number of hydrogen-bond acceptors (Lipinski definition) is 3. The van der Waals surface area contributed by atoms with Gasteiger partial charge in [0.2, 0.25) is 5.91 Å². The Bertz CT molecular complexity index is 755. The van der Waals surface area contributed by atoms with Crippen LogP contribution in [0.2, 0.25) is 0 Å². The van der Waals surface area contributed by atoms with E-state index in [1.165, 1.54) is 0 Å². The third kappa shape index (κ3) is 3.50. The minimum atomic E-state index is -0.305. The number of carbonyl (C=O) groups excluding carboxylic acids is 2. The van der Waals surface area contributed by atoms with Gasteiger partial charge in [0.1, 0.15) is 0 Å². The number of rotatable bonds is 4. The van der Waals surface area contributed by atoms with Crippen molar-refractivity contribution in [2.24, 2.45) is 11.7 Å². The third-order valence-electron chi connectivity index (χ3n) is 4.49. The molecule has 1 aromatic carbocycles. The quantitative estimate of drug-likeness (QED) is 0.900. The standard InChI is InChI=1S/C17H23N5O2/c1-2-22-15-9-14(6-5-13(15)10-19-22)20-17(24)21-7-3-4-12(11-21)8-16(18)23/h5-6,9-10,12H,2-4,7-8,11H2,1H3,(H2,18,23)(H,20,24)/t12-/m1/s1. The molecule has 24 heavy (non-hydrogen) atoms. The van der Waals surface area contributed by atoms with Crippen molar-refractivity contribution >= 4 is 28.5 Å². The highest BCUT2D eigenvalue weighted by molar-refractivity contribution is 5.92. The van der Waals surface area contributed by atoms with E-state index in [1.807, 2.05) is 36.0 Å². The summed E-state index contributed by atoms with van der Waals surface area (Å²) < 4.78 is 1.90. The van der Waals surface area contributed by atoms with Crippen LogP contribution in [0.25, 0.3) is 10.9 Å². The summed E-state index contributed by atoms with van der Waals surface area (Å²) >= 11 is 0. The molecule has 0 saturated carbocycles. The van der Waals surface area contributed by atoms with Gasteiger partial charge in [0, 0.05) is 37.1 Å². The molecule has 3 amide bonds. The van der Waals surface area contributed by atoms with E-state index in [0.29, 0.717) is 19.5 Å². The van der Waals surface area contributed by atoms with Gasteiger partial charge in [-0.1, -0.05) is 0 Å². The summed E-state index contributed by atoms with van der Waals surface area (Å²) in [5.41, 5.74) is 7.02. The molecular weight excluding hydrogens is 306 g/mol. The Morgan fingerprint density at radius 3 is 3.00 bits per heavy atom. The first-order valence-electron chi connectivity index (χ1n) is 8.36. The highest BCUT2D eigenvalue weighted by Crippen LogP contribution is 2.22. The largest absolute Gasteiger partial charge is 0.370 e. The number of nitrogens with two attached hydrogens (primary N) is 1. The maximum atomic E-state index is 12.5. The molecule has 3 rings (SSSR count). The monoisotopic (exact) mass is 329 g/mol. The van der Waals surface area contributed by atoms with Crippen molar-refractivity contribution in [3.8, 4) is 0 Å². The number of piperidine rings is 1. The summed E-state index contributed by atoms with van der Waals surface area (Å²) in [5, 5.41) is 8.31. The Morgan fingerprint density at radius 2 is 2.25 bits per heavy atom. The van der Waals surface area contributed by atoms with Crippen molar-refractivity contribution in [1.82, 2.24) is 14.7 Å². The minimum Gasteiger partial charge on any atom is -0.370 e. The summed E-state index contributed by atoms with van der Waals surface area (Å²) in [7, 11) is 0. The van der Waals surface area contributed by atoms with Crippen molar-refractivity contribution in [2.45, 2.75) is 32.7 Å². The lowest BCUT2D eigenvalue weighted by atomic mass is 9.95. The first-order valence-corrected chi connectivity index (χ1v) is 8.36. The SMILES string of the molecule is CCn1ncc2ccc(NC(=O)N3CCC[C@H](CC(N)=O)C3)cc21. The van der Waals surface area contributed by atoms with Crippen LogP contribution >= 0.6 is 0 Å². The lowest BCUT2D eigenvalue weighted by molar-refractivity contribution is -0.119. The fraction of sp³-hybridized carbons (Fsp3) is 0.471. The molecule has 3 N–H and O–H groups in total. The number of likely N-dealkylation sites (tertiary alicyclic amines) is 1. The van der Waals surface area contributed by atoms with Crippen LogP contribution in [-0.2, 0) is 11.3 Å². The number of primary amides is 1. The van der Waals surface area contributed by atoms with Crippen LogP contribution in [0.5, 0.6) is 0 Å². The number of aryl methyl sites for hydroxylation is 1. The molecule has 0 aliphatic carbocycles. The van der Waals surface area contributed by atoms with Crippen LogP contribution in [0, 0.1) is 5.92 Å². The van der Waals surface area contributed by atoms with Crippen molar-refractivity contribution < 1.29 is 9.59 Å². The Labute approximate surface area is 140 Å². The van der Waals surface area contributed by atoms with E-state index in [-0.39, 0.29) is 17.9 Å². The molecule has 2 aromatic rings. The zero-order chi connectivity index (χ0) is 17.1. The number of carbonyl (C=O) groups is 2. The van der Waals surface area contributed by atoms with Gasteiger partial charge >= 0.3 is 6.03 Å². The Morgan fingerprint density at radius 1 is 1.42 bits per heavy atom. The molecule has 7 nitrogen and oxygen atoms in total. The molecule has 7 heteroatoms. The van der Waals surface area contributed by atoms with Crippen molar-refractivity contribution in [2.75, 3.05) is 18.4 Å². The zero-order valence-electron chi connectivity index (χ0n) is 13.9. The van der Waals surface area contributed by atoms with Crippen LogP contribution < -0.4 is 11.1 Å². The third-order valence-corrected chi connectivity index (χ3v) is 4.49. The predicted octanol–water partition coefficient (Wildman–Crippen LogP) is 2.18. The summed E-state index contributed by atoms with van der Waals surface area (Å²) in [6.45, 7) is 4.09. The normalized spacial score (nSPS) is 17.9. The van der Waals surface area contributed by atoms with Crippen LogP contribution in [-0.4, -0.2) is 39.7 Å². The molecule has 0 bridgehead atoms. The molecule has 0 unspecified atom stereocenters. The van der Waals surface area contributed by atoms with Gasteiger partial charge in [-0.15, -0.1) is 0 Å². The highest BCUT2D eigenvalue weighted by atomic mass is 16.2. The molecule has 1 aliphatic heterocycles. The number of nitrogens with zero attached hydrogens (tertiary/aromatic N) is 3. The number of hydrogen-bond donors (Lipinski definition) is 2. The molecule has 2 heterocycles. The van der Waals surface area contributed by atoms with Gasteiger partial charge in [-0.2, -0.15) is 5.10 Å². The average Bonchev–Trinajstić information content (AvgIpc) is 2.96. The number of amides is 3. The van der Waals surface area contributed by atoms with E-state index in [2.05, 4.69) is 10.4 Å². The molecule has 0 spiro atoms. The van der Waals surface area contributed by atoms with Crippen molar-refractivity contribution in [3.63, 3.8) is 0 Å². The van der Waals surface area contributed by atoms with Crippen LogP contribution in [0.4, 0.5) is 10.5 Å². The predicted molar refractivity (Wildman–Crippen MR) is 92.5 cm³/mol. The smallest absolute Gasteiger partial charge is 0.321 e. The van der Waals surface area contributed by atoms with E-state index in [1.54, 1.807) is 4.90 Å². The number of benzene rings is 1. The summed E-state index contributed by atoms with van der Waals surface area (Å²) in [6, 6.07) is 5.64. The van der Waals surface area contributed by atoms with E-state index < -0.39 is 0 Å². The molecule has 1 saturated heterocycles. The average molecular weight is 329 g/mol. The second-order valence-electron chi connectivity index (χ2n) is 6.29. The van der Waals surface area contributed by atoms with Gasteiger partial charge in [0.15, 0.2) is 0 Å². The molecule has 0 radical (unpaired) electrons. The summed E-state index contributed by atoms with van der Waals surface area (Å²) in [6.07, 6.45) is 4.00.